The average Bonchev–Trinajstić information content (AvgIpc) is 2.91. The average molecular weight is 496 g/mol. The monoisotopic (exact) mass is 495 g/mol. The van der Waals surface area contributed by atoms with E-state index in [-0.39, 0.29) is 24.0 Å². The van der Waals surface area contributed by atoms with Crippen LogP contribution in [0.15, 0.2) is 46.4 Å². The number of aliphatic imine (C=N–C) groups is 1. The van der Waals surface area contributed by atoms with Gasteiger partial charge in [-0.15, -0.1) is 35.3 Å². The number of aliphatic hydroxyl groups excluding tert-OH is 1. The fraction of sp³-hybridized carbons (Fsp3) is 0.267. The summed E-state index contributed by atoms with van der Waals surface area (Å²) < 4.78 is 2.03. The number of hydrogen-bond acceptors (Lipinski definition) is 3. The van der Waals surface area contributed by atoms with Gasteiger partial charge in [0.15, 0.2) is 5.96 Å². The summed E-state index contributed by atoms with van der Waals surface area (Å²) in [4.78, 5) is 5.04. The Kier molecular flexibility index (Phi) is 8.37. The molecule has 2 aromatic rings. The van der Waals surface area contributed by atoms with Crippen LogP contribution in [0.5, 0.6) is 0 Å². The number of rotatable bonds is 5. The summed E-state index contributed by atoms with van der Waals surface area (Å²) >= 11 is 4.89. The molecule has 1 atom stereocenters. The molecule has 4 nitrogen and oxygen atoms in total. The number of benzene rings is 1. The van der Waals surface area contributed by atoms with E-state index in [4.69, 9.17) is 0 Å². The van der Waals surface area contributed by atoms with Gasteiger partial charge in [0.1, 0.15) is 6.10 Å². The molecular weight excluding hydrogens is 477 g/mol. The van der Waals surface area contributed by atoms with Crippen molar-refractivity contribution in [1.29, 1.82) is 0 Å². The maximum atomic E-state index is 10.3. The van der Waals surface area contributed by atoms with Crippen molar-refractivity contribution in [3.63, 3.8) is 0 Å². The number of halogens is 2. The highest BCUT2D eigenvalue weighted by Gasteiger charge is 2.12. The van der Waals surface area contributed by atoms with E-state index in [1.807, 2.05) is 18.2 Å². The zero-order valence-corrected chi connectivity index (χ0v) is 16.9. The molecule has 1 unspecified atom stereocenters. The zero-order chi connectivity index (χ0) is 15.2. The molecule has 0 saturated carbocycles. The van der Waals surface area contributed by atoms with Crippen LogP contribution in [0.2, 0.25) is 0 Å². The Hall–Kier alpha value is -0.640. The van der Waals surface area contributed by atoms with Crippen LogP contribution < -0.4 is 10.6 Å². The van der Waals surface area contributed by atoms with Gasteiger partial charge in [0.25, 0.3) is 0 Å². The van der Waals surface area contributed by atoms with Crippen molar-refractivity contribution in [1.82, 2.24) is 10.6 Å². The second-order valence-electron chi connectivity index (χ2n) is 4.53. The van der Waals surface area contributed by atoms with Gasteiger partial charge in [-0.2, -0.15) is 0 Å². The number of aliphatic hydroxyl groups is 1. The summed E-state index contributed by atoms with van der Waals surface area (Å²) in [6, 6.07) is 10.2. The molecule has 0 radical (unpaired) electrons. The molecule has 120 valence electrons. The molecule has 0 aliphatic heterocycles. The smallest absolute Gasteiger partial charge is 0.191 e. The highest BCUT2D eigenvalue weighted by atomic mass is 127. The Morgan fingerprint density at radius 3 is 2.77 bits per heavy atom. The van der Waals surface area contributed by atoms with Crippen LogP contribution >= 0.6 is 51.2 Å². The first-order chi connectivity index (χ1) is 10.1. The molecule has 2 rings (SSSR count). The molecule has 3 N–H and O–H groups in total. The summed E-state index contributed by atoms with van der Waals surface area (Å²) in [6.45, 7) is 4.74. The van der Waals surface area contributed by atoms with Crippen molar-refractivity contribution in [2.75, 3.05) is 20.1 Å². The molecule has 0 aliphatic carbocycles. The predicted molar refractivity (Wildman–Crippen MR) is 110 cm³/mol. The summed E-state index contributed by atoms with van der Waals surface area (Å²) in [6.07, 6.45) is -0.562. The van der Waals surface area contributed by atoms with Crippen molar-refractivity contribution < 1.29 is 5.11 Å². The highest BCUT2D eigenvalue weighted by molar-refractivity contribution is 14.0. The van der Waals surface area contributed by atoms with Gasteiger partial charge in [-0.3, -0.25) is 4.99 Å². The molecular formula is C15H19BrIN3OS. The Labute approximate surface area is 159 Å². The lowest BCUT2D eigenvalue weighted by molar-refractivity contribution is 0.184. The summed E-state index contributed by atoms with van der Waals surface area (Å²) in [5.74, 6) is 0.635. The lowest BCUT2D eigenvalue weighted by Crippen LogP contribution is -2.39. The quantitative estimate of drug-likeness (QED) is 0.337. The van der Waals surface area contributed by atoms with Gasteiger partial charge in [-0.25, -0.2) is 0 Å². The van der Waals surface area contributed by atoms with Crippen LogP contribution in [0.1, 0.15) is 11.0 Å². The van der Waals surface area contributed by atoms with Crippen LogP contribution in [0, 0.1) is 0 Å². The minimum atomic E-state index is -0.562. The van der Waals surface area contributed by atoms with Crippen LogP contribution in [0.3, 0.4) is 0 Å². The lowest BCUT2D eigenvalue weighted by Gasteiger charge is -2.14. The van der Waals surface area contributed by atoms with E-state index in [0.717, 1.165) is 14.7 Å². The minimum Gasteiger partial charge on any atom is -0.386 e. The van der Waals surface area contributed by atoms with Gasteiger partial charge in [0.2, 0.25) is 0 Å². The number of nitrogens with one attached hydrogen (secondary N) is 2. The van der Waals surface area contributed by atoms with Crippen LogP contribution in [-0.2, 0) is 0 Å². The van der Waals surface area contributed by atoms with E-state index in [9.17, 15) is 5.11 Å². The number of fused-ring (bicyclic) bond motifs is 1. The predicted octanol–water partition coefficient (Wildman–Crippen LogP) is 3.63. The lowest BCUT2D eigenvalue weighted by atomic mass is 10.2. The molecule has 22 heavy (non-hydrogen) atoms. The van der Waals surface area contributed by atoms with Crippen molar-refractivity contribution in [3.8, 4) is 0 Å². The van der Waals surface area contributed by atoms with E-state index >= 15 is 0 Å². The first-order valence-electron chi connectivity index (χ1n) is 6.54. The van der Waals surface area contributed by atoms with E-state index < -0.39 is 6.10 Å². The van der Waals surface area contributed by atoms with Crippen LogP contribution in [0.4, 0.5) is 0 Å². The molecule has 0 aliphatic rings. The second-order valence-corrected chi connectivity index (χ2v) is 6.76. The number of guanidine groups is 1. The summed E-state index contributed by atoms with van der Waals surface area (Å²) in [5.41, 5.74) is 0. The third-order valence-electron chi connectivity index (χ3n) is 2.91. The van der Waals surface area contributed by atoms with Gasteiger partial charge in [-0.05, 0) is 17.5 Å². The van der Waals surface area contributed by atoms with Gasteiger partial charge in [-0.1, -0.05) is 40.7 Å². The molecule has 0 fully saturated rings. The first-order valence-corrected chi connectivity index (χ1v) is 8.15. The van der Waals surface area contributed by atoms with Crippen molar-refractivity contribution in [2.45, 2.75) is 6.10 Å². The van der Waals surface area contributed by atoms with Crippen molar-refractivity contribution >= 4 is 67.3 Å². The Balaban J connectivity index is 0.00000242. The Morgan fingerprint density at radius 2 is 2.14 bits per heavy atom. The number of thiophene rings is 1. The van der Waals surface area contributed by atoms with Gasteiger partial charge in [0, 0.05) is 34.2 Å². The molecule has 7 heteroatoms. The molecule has 1 aromatic heterocycles. The van der Waals surface area contributed by atoms with E-state index in [1.54, 1.807) is 18.4 Å². The molecule has 0 saturated heterocycles. The normalized spacial score (nSPS) is 12.6. The summed E-state index contributed by atoms with van der Waals surface area (Å²) in [7, 11) is 1.69. The second kappa shape index (κ2) is 9.49. The molecule has 0 amide bonds. The van der Waals surface area contributed by atoms with Crippen LogP contribution in [0.25, 0.3) is 10.1 Å². The van der Waals surface area contributed by atoms with E-state index in [2.05, 4.69) is 50.3 Å². The Morgan fingerprint density at radius 1 is 1.41 bits per heavy atom. The molecule has 1 heterocycles. The molecule has 0 spiro atoms. The maximum absolute atomic E-state index is 10.3. The topological polar surface area (TPSA) is 56.7 Å². The van der Waals surface area contributed by atoms with Gasteiger partial charge in [0.05, 0.1) is 0 Å². The summed E-state index contributed by atoms with van der Waals surface area (Å²) in [5, 5.41) is 17.6. The third kappa shape index (κ3) is 5.53. The maximum Gasteiger partial charge on any atom is 0.191 e. The largest absolute Gasteiger partial charge is 0.386 e. The molecule has 0 bridgehead atoms. The van der Waals surface area contributed by atoms with Crippen molar-refractivity contribution in [2.24, 2.45) is 4.99 Å². The number of nitrogens with zero attached hydrogens (tertiary/aromatic N) is 1. The first kappa shape index (κ1) is 19.4. The van der Waals surface area contributed by atoms with E-state index in [0.29, 0.717) is 19.0 Å². The van der Waals surface area contributed by atoms with Crippen LogP contribution in [-0.4, -0.2) is 31.2 Å². The minimum absolute atomic E-state index is 0. The fourth-order valence-electron chi connectivity index (χ4n) is 1.86. The zero-order valence-electron chi connectivity index (χ0n) is 12.2. The molecule has 1 aromatic carbocycles. The Bertz CT molecular complexity index is 626. The number of hydrogen-bond donors (Lipinski definition) is 3. The standard InChI is InChI=1S/C15H18BrN3OS.HI/c1-10(16)8-18-15(17-2)19-9-12(20)14-7-11-5-3-4-6-13(11)21-14;/h3-7,12,20H,1,8-9H2,2H3,(H2,17,18,19);1H. The highest BCUT2D eigenvalue weighted by Crippen LogP contribution is 2.29. The van der Waals surface area contributed by atoms with Crippen molar-refractivity contribution in [3.05, 3.63) is 46.3 Å². The fourth-order valence-corrected chi connectivity index (χ4v) is 3.05. The van der Waals surface area contributed by atoms with Gasteiger partial charge < -0.3 is 15.7 Å². The van der Waals surface area contributed by atoms with Gasteiger partial charge >= 0.3 is 0 Å². The third-order valence-corrected chi connectivity index (χ3v) is 4.40. The van der Waals surface area contributed by atoms with E-state index in [1.165, 1.54) is 4.70 Å². The SMILES string of the molecule is C=C(Br)CNC(=NC)NCC(O)c1cc2ccccc2s1.I.